The molecule has 58 valence electrons. The van der Waals surface area contributed by atoms with Crippen molar-refractivity contribution in [2.24, 2.45) is 0 Å². The number of halogens is 1. The van der Waals surface area contributed by atoms with E-state index in [1.165, 1.54) is 16.6 Å². The second kappa shape index (κ2) is 2.53. The molecule has 0 aromatic heterocycles. The van der Waals surface area contributed by atoms with Gasteiger partial charge in [-0.2, -0.15) is 0 Å². The molecule has 0 nitrogen and oxygen atoms in total. The van der Waals surface area contributed by atoms with Crippen LogP contribution in [0, 0.1) is 0 Å². The first-order chi connectivity index (χ1) is 5.68. The molecule has 0 N–H and O–H groups in total. The first-order valence-electron chi connectivity index (χ1n) is 3.86. The van der Waals surface area contributed by atoms with Crippen LogP contribution in [0.1, 0.15) is 11.1 Å². The Hall–Kier alpha value is -0.945. The molecule has 12 heavy (non-hydrogen) atoms. The monoisotopic (exact) mass is 174 g/mol. The second-order valence-corrected chi connectivity index (χ2v) is 3.48. The van der Waals surface area contributed by atoms with Gasteiger partial charge < -0.3 is 0 Å². The molecule has 0 spiro atoms. The zero-order valence-corrected chi connectivity index (χ0v) is 7.65. The topological polar surface area (TPSA) is 0 Å². The number of benzene rings is 1. The van der Waals surface area contributed by atoms with Crippen molar-refractivity contribution in [2.45, 2.75) is 0 Å². The average Bonchev–Trinajstić information content (AvgIpc) is 2.28. The number of fused-ring (bicyclic) bond motifs is 1. The van der Waals surface area contributed by atoms with Crippen LogP contribution in [0.15, 0.2) is 30.9 Å². The maximum Gasteiger partial charge on any atom is 0.140 e. The van der Waals surface area contributed by atoms with E-state index in [2.05, 4.69) is 20.5 Å². The molecule has 0 atom stereocenters. The zero-order chi connectivity index (χ0) is 8.72. The van der Waals surface area contributed by atoms with Crippen molar-refractivity contribution >= 4 is 30.5 Å². The summed E-state index contributed by atoms with van der Waals surface area (Å²) in [6, 6.07) is 5.91. The van der Waals surface area contributed by atoms with Gasteiger partial charge >= 0.3 is 0 Å². The molecular formula is C10H8BCl. The average molecular weight is 174 g/mol. The molecule has 0 heterocycles. The van der Waals surface area contributed by atoms with Crippen LogP contribution in [0.5, 0.6) is 0 Å². The molecule has 1 aromatic carbocycles. The van der Waals surface area contributed by atoms with Crippen LogP contribution in [-0.4, -0.2) is 7.85 Å². The van der Waals surface area contributed by atoms with Crippen molar-refractivity contribution in [1.29, 1.82) is 0 Å². The lowest BCUT2D eigenvalue weighted by molar-refractivity contribution is 1.61. The SMILES string of the molecule is BC1=CC(=C)c2ccc(Cl)cc21. The van der Waals surface area contributed by atoms with Crippen LogP contribution < -0.4 is 0 Å². The van der Waals surface area contributed by atoms with Gasteiger partial charge in [0.15, 0.2) is 0 Å². The smallest absolute Gasteiger partial charge is 0.0912 e. The van der Waals surface area contributed by atoms with Gasteiger partial charge in [-0.05, 0) is 28.8 Å². The van der Waals surface area contributed by atoms with E-state index in [1.807, 2.05) is 18.2 Å². The maximum absolute atomic E-state index is 5.88. The molecule has 0 saturated heterocycles. The summed E-state index contributed by atoms with van der Waals surface area (Å²) in [5, 5.41) is 0.788. The predicted octanol–water partition coefficient (Wildman–Crippen LogP) is 2.34. The van der Waals surface area contributed by atoms with Crippen molar-refractivity contribution in [1.82, 2.24) is 0 Å². The summed E-state index contributed by atoms with van der Waals surface area (Å²) in [5.41, 5.74) is 4.75. The van der Waals surface area contributed by atoms with Crippen molar-refractivity contribution in [3.63, 3.8) is 0 Å². The van der Waals surface area contributed by atoms with Gasteiger partial charge in [-0.15, -0.1) is 0 Å². The van der Waals surface area contributed by atoms with Gasteiger partial charge in [-0.25, -0.2) is 0 Å². The minimum absolute atomic E-state index is 0.788. The summed E-state index contributed by atoms with van der Waals surface area (Å²) in [6.07, 6.45) is 2.08. The van der Waals surface area contributed by atoms with Crippen LogP contribution in [-0.2, 0) is 0 Å². The summed E-state index contributed by atoms with van der Waals surface area (Å²) in [4.78, 5) is 0. The van der Waals surface area contributed by atoms with E-state index in [0.29, 0.717) is 0 Å². The Morgan fingerprint density at radius 3 is 2.75 bits per heavy atom. The number of allylic oxidation sites excluding steroid dienone is 2. The second-order valence-electron chi connectivity index (χ2n) is 3.04. The summed E-state index contributed by atoms with van der Waals surface area (Å²) in [6.45, 7) is 3.96. The largest absolute Gasteiger partial charge is 0.140 e. The van der Waals surface area contributed by atoms with E-state index in [0.717, 1.165) is 10.6 Å². The van der Waals surface area contributed by atoms with Crippen LogP contribution in [0.25, 0.3) is 11.0 Å². The molecule has 0 saturated carbocycles. The molecule has 0 radical (unpaired) electrons. The lowest BCUT2D eigenvalue weighted by Gasteiger charge is -2.01. The summed E-state index contributed by atoms with van der Waals surface area (Å²) in [7, 11) is 2.08. The fraction of sp³-hybridized carbons (Fsp3) is 0. The highest BCUT2D eigenvalue weighted by molar-refractivity contribution is 6.45. The predicted molar refractivity (Wildman–Crippen MR) is 57.0 cm³/mol. The molecule has 0 amide bonds. The minimum atomic E-state index is 0.788. The van der Waals surface area contributed by atoms with Gasteiger partial charge in [0.2, 0.25) is 0 Å². The van der Waals surface area contributed by atoms with Gasteiger partial charge in [0, 0.05) is 5.02 Å². The molecule has 1 aliphatic rings. The fourth-order valence-electron chi connectivity index (χ4n) is 1.54. The standard InChI is InChI=1S/C10H8BCl/c1-6-4-10(11)9-5-7(12)2-3-8(6)9/h2-5H,1,11H2. The Bertz CT molecular complexity index is 391. The Morgan fingerprint density at radius 1 is 1.25 bits per heavy atom. The van der Waals surface area contributed by atoms with Crippen molar-refractivity contribution in [2.75, 3.05) is 0 Å². The van der Waals surface area contributed by atoms with Crippen LogP contribution in [0.4, 0.5) is 0 Å². The molecule has 2 heteroatoms. The van der Waals surface area contributed by atoms with Crippen LogP contribution in [0.3, 0.4) is 0 Å². The Labute approximate surface area is 78.0 Å². The first kappa shape index (κ1) is 7.69. The molecule has 1 aromatic rings. The quantitative estimate of drug-likeness (QED) is 0.530. The van der Waals surface area contributed by atoms with E-state index >= 15 is 0 Å². The lowest BCUT2D eigenvalue weighted by atomic mass is 9.90. The van der Waals surface area contributed by atoms with Crippen molar-refractivity contribution in [3.8, 4) is 0 Å². The Morgan fingerprint density at radius 2 is 2.00 bits per heavy atom. The maximum atomic E-state index is 5.88. The highest BCUT2D eigenvalue weighted by Crippen LogP contribution is 2.33. The van der Waals surface area contributed by atoms with E-state index in [-0.39, 0.29) is 0 Å². The van der Waals surface area contributed by atoms with E-state index in [4.69, 9.17) is 11.6 Å². The summed E-state index contributed by atoms with van der Waals surface area (Å²) >= 11 is 5.88. The lowest BCUT2D eigenvalue weighted by Crippen LogP contribution is -1.82. The normalized spacial score (nSPS) is 14.4. The highest BCUT2D eigenvalue weighted by Gasteiger charge is 2.12. The third-order valence-electron chi connectivity index (χ3n) is 2.14. The number of rotatable bonds is 0. The van der Waals surface area contributed by atoms with E-state index in [9.17, 15) is 0 Å². The molecular weight excluding hydrogens is 166 g/mol. The highest BCUT2D eigenvalue weighted by atomic mass is 35.5. The Balaban J connectivity index is 2.69. The van der Waals surface area contributed by atoms with Crippen molar-refractivity contribution < 1.29 is 0 Å². The van der Waals surface area contributed by atoms with Gasteiger partial charge in [0.1, 0.15) is 7.85 Å². The van der Waals surface area contributed by atoms with Gasteiger partial charge in [0.05, 0.1) is 0 Å². The van der Waals surface area contributed by atoms with Gasteiger partial charge in [-0.3, -0.25) is 0 Å². The molecule has 0 bridgehead atoms. The molecule has 1 aliphatic carbocycles. The summed E-state index contributed by atoms with van der Waals surface area (Å²) in [5.74, 6) is 0. The number of hydrogen-bond acceptors (Lipinski definition) is 0. The molecule has 0 fully saturated rings. The third-order valence-corrected chi connectivity index (χ3v) is 2.38. The van der Waals surface area contributed by atoms with Gasteiger partial charge in [-0.1, -0.05) is 35.8 Å². The third kappa shape index (κ3) is 1.02. The van der Waals surface area contributed by atoms with E-state index in [1.54, 1.807) is 0 Å². The molecule has 2 rings (SSSR count). The van der Waals surface area contributed by atoms with E-state index < -0.39 is 0 Å². The first-order valence-corrected chi connectivity index (χ1v) is 4.24. The van der Waals surface area contributed by atoms with Crippen molar-refractivity contribution in [3.05, 3.63) is 47.0 Å². The molecule has 0 aliphatic heterocycles. The number of hydrogen-bond donors (Lipinski definition) is 0. The minimum Gasteiger partial charge on any atom is -0.0912 e. The van der Waals surface area contributed by atoms with Crippen LogP contribution >= 0.6 is 11.6 Å². The zero-order valence-electron chi connectivity index (χ0n) is 6.89. The fourth-order valence-corrected chi connectivity index (χ4v) is 1.71. The summed E-state index contributed by atoms with van der Waals surface area (Å²) < 4.78 is 0. The molecule has 0 unspecified atom stereocenters. The van der Waals surface area contributed by atoms with Crippen LogP contribution in [0.2, 0.25) is 5.02 Å². The Kier molecular flexibility index (Phi) is 1.62. The van der Waals surface area contributed by atoms with Gasteiger partial charge in [0.25, 0.3) is 0 Å².